The van der Waals surface area contributed by atoms with Crippen LogP contribution in [0.25, 0.3) is 0 Å². The van der Waals surface area contributed by atoms with E-state index in [4.69, 9.17) is 29.6 Å². The van der Waals surface area contributed by atoms with Crippen molar-refractivity contribution in [2.45, 2.75) is 0 Å². The topological polar surface area (TPSA) is 50.9 Å². The van der Waals surface area contributed by atoms with Gasteiger partial charge >= 0.3 is 0 Å². The lowest BCUT2D eigenvalue weighted by Crippen LogP contribution is -2.09. The Hall–Kier alpha value is -0.920. The molecule has 1 aromatic heterocycles. The first kappa shape index (κ1) is 13.5. The molecule has 3 nitrogen and oxygen atoms in total. The summed E-state index contributed by atoms with van der Waals surface area (Å²) in [6.07, 6.45) is 1.63. The predicted octanol–water partition coefficient (Wildman–Crippen LogP) is 3.72. The number of pyridine rings is 1. The van der Waals surface area contributed by atoms with Crippen LogP contribution in [0.1, 0.15) is 5.56 Å². The van der Waals surface area contributed by atoms with E-state index in [9.17, 15) is 0 Å². The van der Waals surface area contributed by atoms with Crippen LogP contribution in [-0.4, -0.2) is 9.97 Å². The lowest BCUT2D eigenvalue weighted by atomic mass is 10.2. The number of anilines is 2. The van der Waals surface area contributed by atoms with Gasteiger partial charge in [-0.25, -0.2) is 4.98 Å². The third kappa shape index (κ3) is 3.30. The van der Waals surface area contributed by atoms with E-state index in [0.29, 0.717) is 15.8 Å². The molecule has 0 aliphatic heterocycles. The van der Waals surface area contributed by atoms with Crippen molar-refractivity contribution in [3.63, 3.8) is 0 Å². The molecule has 0 saturated carbocycles. The molecule has 0 spiro atoms. The second-order valence-corrected chi connectivity index (χ2v) is 5.64. The third-order valence-electron chi connectivity index (χ3n) is 2.24. The lowest BCUT2D eigenvalue weighted by molar-refractivity contribution is 1.30. The first-order valence-corrected chi connectivity index (χ1v) is 6.90. The third-order valence-corrected chi connectivity index (χ3v) is 3.46. The molecule has 3 N–H and O–H groups in total. The molecule has 92 valence electrons. The number of hydrogen-bond donors (Lipinski definition) is 2. The van der Waals surface area contributed by atoms with Crippen LogP contribution in [0.3, 0.4) is 0 Å². The zero-order chi connectivity index (χ0) is 13.1. The Labute approximate surface area is 129 Å². The molecule has 0 fully saturated rings. The van der Waals surface area contributed by atoms with Crippen LogP contribution in [-0.2, 0) is 0 Å². The number of halogens is 2. The number of nitrogens with one attached hydrogen (secondary N) is 1. The van der Waals surface area contributed by atoms with Gasteiger partial charge in [0.2, 0.25) is 0 Å². The summed E-state index contributed by atoms with van der Waals surface area (Å²) < 4.78 is 1.08. The predicted molar refractivity (Wildman–Crippen MR) is 87.6 cm³/mol. The van der Waals surface area contributed by atoms with Crippen LogP contribution in [0, 0.1) is 3.57 Å². The molecule has 6 heteroatoms. The zero-order valence-corrected chi connectivity index (χ0v) is 12.9. The first-order chi connectivity index (χ1) is 8.56. The summed E-state index contributed by atoms with van der Waals surface area (Å²) >= 11 is 13.2. The van der Waals surface area contributed by atoms with Crippen molar-refractivity contribution in [2.75, 3.05) is 5.32 Å². The molecule has 2 aromatic rings. The van der Waals surface area contributed by atoms with E-state index in [0.717, 1.165) is 14.8 Å². The van der Waals surface area contributed by atoms with Gasteiger partial charge < -0.3 is 11.1 Å². The number of rotatable bonds is 3. The molecular weight excluding hydrogens is 381 g/mol. The van der Waals surface area contributed by atoms with Gasteiger partial charge in [0.25, 0.3) is 0 Å². The number of thiocarbonyl (C=S) groups is 1. The number of benzene rings is 1. The largest absolute Gasteiger partial charge is 0.389 e. The van der Waals surface area contributed by atoms with Gasteiger partial charge in [-0.05, 0) is 52.9 Å². The van der Waals surface area contributed by atoms with Gasteiger partial charge in [-0.3, -0.25) is 0 Å². The van der Waals surface area contributed by atoms with E-state index < -0.39 is 0 Å². The van der Waals surface area contributed by atoms with Crippen LogP contribution >= 0.6 is 46.4 Å². The fraction of sp³-hybridized carbons (Fsp3) is 0. The van der Waals surface area contributed by atoms with Gasteiger partial charge in [0.15, 0.2) is 0 Å². The molecule has 0 amide bonds. The summed E-state index contributed by atoms with van der Waals surface area (Å²) in [5.74, 6) is 0.693. The van der Waals surface area contributed by atoms with E-state index in [1.165, 1.54) is 0 Å². The van der Waals surface area contributed by atoms with E-state index in [1.807, 2.05) is 30.3 Å². The molecule has 0 bridgehead atoms. The van der Waals surface area contributed by atoms with Crippen LogP contribution < -0.4 is 11.1 Å². The van der Waals surface area contributed by atoms with Crippen LogP contribution in [0.2, 0.25) is 5.02 Å². The maximum atomic E-state index is 6.13. The summed E-state index contributed by atoms with van der Waals surface area (Å²) in [5, 5.41) is 3.79. The minimum Gasteiger partial charge on any atom is -0.389 e. The highest BCUT2D eigenvalue weighted by Crippen LogP contribution is 2.26. The van der Waals surface area contributed by atoms with Gasteiger partial charge in [-0.15, -0.1) is 0 Å². The van der Waals surface area contributed by atoms with Crippen molar-refractivity contribution < 1.29 is 0 Å². The fourth-order valence-corrected chi connectivity index (χ4v) is 2.37. The monoisotopic (exact) mass is 389 g/mol. The molecule has 0 unspecified atom stereocenters. The fourth-order valence-electron chi connectivity index (χ4n) is 1.34. The smallest absolute Gasteiger partial charge is 0.130 e. The second kappa shape index (κ2) is 5.81. The summed E-state index contributed by atoms with van der Waals surface area (Å²) in [5.41, 5.74) is 7.06. The Morgan fingerprint density at radius 2 is 2.11 bits per heavy atom. The Balaban J connectivity index is 2.21. The quantitative estimate of drug-likeness (QED) is 0.620. The van der Waals surface area contributed by atoms with E-state index in [2.05, 4.69) is 32.9 Å². The highest BCUT2D eigenvalue weighted by Gasteiger charge is 2.03. The van der Waals surface area contributed by atoms with Gasteiger partial charge in [0, 0.05) is 15.3 Å². The molecule has 1 aromatic carbocycles. The second-order valence-electron chi connectivity index (χ2n) is 3.55. The average molecular weight is 390 g/mol. The highest BCUT2D eigenvalue weighted by molar-refractivity contribution is 14.1. The van der Waals surface area contributed by atoms with Crippen molar-refractivity contribution in [3.8, 4) is 0 Å². The maximum absolute atomic E-state index is 6.13. The minimum atomic E-state index is 0.335. The number of hydrogen-bond acceptors (Lipinski definition) is 3. The Kier molecular flexibility index (Phi) is 4.36. The van der Waals surface area contributed by atoms with Crippen molar-refractivity contribution in [1.29, 1.82) is 0 Å². The normalized spacial score (nSPS) is 10.1. The minimum absolute atomic E-state index is 0.335. The molecule has 0 aliphatic rings. The summed E-state index contributed by atoms with van der Waals surface area (Å²) in [6, 6.07) is 9.39. The number of aromatic nitrogens is 1. The van der Waals surface area contributed by atoms with Crippen molar-refractivity contribution in [3.05, 3.63) is 50.7 Å². The molecule has 18 heavy (non-hydrogen) atoms. The summed E-state index contributed by atoms with van der Waals surface area (Å²) in [4.78, 5) is 4.55. The van der Waals surface area contributed by atoms with Gasteiger partial charge in [-0.1, -0.05) is 23.8 Å². The Morgan fingerprint density at radius 3 is 2.67 bits per heavy atom. The zero-order valence-electron chi connectivity index (χ0n) is 9.15. The van der Waals surface area contributed by atoms with Crippen LogP contribution in [0.4, 0.5) is 11.5 Å². The number of nitrogens with two attached hydrogens (primary N) is 1. The van der Waals surface area contributed by atoms with Crippen LogP contribution in [0.15, 0.2) is 36.5 Å². The maximum Gasteiger partial charge on any atom is 0.130 e. The molecule has 0 radical (unpaired) electrons. The van der Waals surface area contributed by atoms with Gasteiger partial charge in [0.1, 0.15) is 10.8 Å². The molecule has 2 rings (SSSR count). The Morgan fingerprint density at radius 1 is 1.33 bits per heavy atom. The van der Waals surface area contributed by atoms with E-state index in [1.54, 1.807) is 6.20 Å². The SMILES string of the molecule is NC(=S)c1ccc(Nc2ccc(I)cc2Cl)nc1. The highest BCUT2D eigenvalue weighted by atomic mass is 127. The molecule has 0 saturated heterocycles. The standard InChI is InChI=1S/C12H9ClIN3S/c13-9-5-8(14)2-3-10(9)17-11-4-1-7(6-16-11)12(15)18/h1-6H,(H2,15,18)(H,16,17). The van der Waals surface area contributed by atoms with Crippen LogP contribution in [0.5, 0.6) is 0 Å². The van der Waals surface area contributed by atoms with Gasteiger partial charge in [0.05, 0.1) is 10.7 Å². The van der Waals surface area contributed by atoms with E-state index in [-0.39, 0.29) is 0 Å². The molecule has 0 atom stereocenters. The van der Waals surface area contributed by atoms with Crippen molar-refractivity contribution >= 4 is 62.9 Å². The summed E-state index contributed by atoms with van der Waals surface area (Å²) in [6.45, 7) is 0. The lowest BCUT2D eigenvalue weighted by Gasteiger charge is -2.08. The average Bonchev–Trinajstić information content (AvgIpc) is 2.33. The molecular formula is C12H9ClIN3S. The molecule has 1 heterocycles. The van der Waals surface area contributed by atoms with E-state index >= 15 is 0 Å². The first-order valence-electron chi connectivity index (χ1n) is 5.04. The summed E-state index contributed by atoms with van der Waals surface area (Å²) in [7, 11) is 0. The number of nitrogens with zero attached hydrogens (tertiary/aromatic N) is 1. The van der Waals surface area contributed by atoms with Crippen molar-refractivity contribution in [2.24, 2.45) is 5.73 Å². The Bertz CT molecular complexity index is 586. The molecule has 0 aliphatic carbocycles. The van der Waals surface area contributed by atoms with Crippen molar-refractivity contribution in [1.82, 2.24) is 4.98 Å². The van der Waals surface area contributed by atoms with Gasteiger partial charge in [-0.2, -0.15) is 0 Å².